The Balaban J connectivity index is 2.17. The Labute approximate surface area is 119 Å². The fraction of sp³-hybridized carbons (Fsp3) is 0.556. The zero-order valence-electron chi connectivity index (χ0n) is 10.1. The first kappa shape index (κ1) is 15.4. The van der Waals surface area contributed by atoms with Crippen molar-refractivity contribution < 1.29 is 24.0 Å². The second-order valence-corrected chi connectivity index (χ2v) is 5.84. The first-order valence-electron chi connectivity index (χ1n) is 5.55. The maximum Gasteiger partial charge on any atom is 0.582 e. The van der Waals surface area contributed by atoms with E-state index >= 15 is 0 Å². The lowest BCUT2D eigenvalue weighted by Crippen LogP contribution is -2.36. The van der Waals surface area contributed by atoms with Crippen LogP contribution in [0.1, 0.15) is 6.23 Å². The van der Waals surface area contributed by atoms with Gasteiger partial charge in [-0.2, -0.15) is 4.98 Å². The minimum Gasteiger partial charge on any atom is -0.387 e. The maximum absolute atomic E-state index is 11.7. The first-order valence-corrected chi connectivity index (χ1v) is 7.88. The molecule has 1 aromatic rings. The minimum atomic E-state index is -2.15. The van der Waals surface area contributed by atoms with E-state index in [1.807, 2.05) is 0 Å². The lowest BCUT2D eigenvalue weighted by molar-refractivity contribution is -0.0504. The second-order valence-electron chi connectivity index (χ2n) is 4.12. The van der Waals surface area contributed by atoms with Crippen molar-refractivity contribution in [2.75, 3.05) is 12.3 Å². The number of ether oxygens (including phenoxy) is 1. The van der Waals surface area contributed by atoms with Gasteiger partial charge in [0, 0.05) is 6.20 Å². The van der Waals surface area contributed by atoms with Crippen molar-refractivity contribution in [1.82, 2.24) is 9.55 Å². The summed E-state index contributed by atoms with van der Waals surface area (Å²) in [5.41, 5.74) is 4.64. The molecule has 1 saturated heterocycles. The molecule has 2 rings (SSSR count). The summed E-state index contributed by atoms with van der Waals surface area (Å²) in [6.07, 6.45) is -3.42. The molecule has 0 spiro atoms. The molecule has 0 saturated carbocycles. The Hall–Kier alpha value is -1.03. The SMILES string of the molecule is Nc1ccn([C@H]2O[C@@H](CO[P+](=O)S)[C@H](O)[C@@H]2O)c(=O)n1. The molecule has 9 nitrogen and oxygen atoms in total. The van der Waals surface area contributed by atoms with Crippen LogP contribution in [0.4, 0.5) is 5.82 Å². The van der Waals surface area contributed by atoms with E-state index in [0.717, 1.165) is 4.57 Å². The van der Waals surface area contributed by atoms with Crippen molar-refractivity contribution in [1.29, 1.82) is 0 Å². The van der Waals surface area contributed by atoms with E-state index in [-0.39, 0.29) is 12.4 Å². The molecule has 20 heavy (non-hydrogen) atoms. The Bertz CT molecular complexity index is 569. The molecule has 1 aliphatic heterocycles. The van der Waals surface area contributed by atoms with E-state index in [1.165, 1.54) is 12.3 Å². The van der Waals surface area contributed by atoms with Gasteiger partial charge in [0.25, 0.3) is 0 Å². The molecule has 1 unspecified atom stereocenters. The van der Waals surface area contributed by atoms with Crippen molar-refractivity contribution in [3.63, 3.8) is 0 Å². The molecule has 0 bridgehead atoms. The Morgan fingerprint density at radius 1 is 1.55 bits per heavy atom. The standard InChI is InChI=1S/C9H12N3O6PS/c10-5-1-2-12(9(15)11-5)8-7(14)6(13)4(18-8)3-17-19(16)20/h1-2,4,6-8,13-14H,3H2,(H2-,10,11,15,16,20)/p+1/t4-,6-,7-,8-/m0/s1. The largest absolute Gasteiger partial charge is 0.582 e. The van der Waals surface area contributed by atoms with Crippen molar-refractivity contribution in [2.45, 2.75) is 24.5 Å². The van der Waals surface area contributed by atoms with E-state index in [2.05, 4.69) is 17.2 Å². The van der Waals surface area contributed by atoms with Gasteiger partial charge in [-0.15, -0.1) is 4.52 Å². The first-order chi connectivity index (χ1) is 9.40. The number of hydrogen-bond donors (Lipinski definition) is 4. The molecule has 4 N–H and O–H groups in total. The van der Waals surface area contributed by atoms with Gasteiger partial charge in [0.15, 0.2) is 6.23 Å². The number of aliphatic hydroxyl groups excluding tert-OH is 2. The molecule has 110 valence electrons. The Morgan fingerprint density at radius 2 is 2.25 bits per heavy atom. The molecular formula is C9H13N3O6PS+. The summed E-state index contributed by atoms with van der Waals surface area (Å²) in [6, 6.07) is 1.36. The number of nitrogens with zero attached hydrogens (tertiary/aromatic N) is 2. The molecule has 1 fully saturated rings. The summed E-state index contributed by atoms with van der Waals surface area (Å²) in [5, 5.41) is 19.7. The highest BCUT2D eigenvalue weighted by Crippen LogP contribution is 2.32. The monoisotopic (exact) mass is 322 g/mol. The molecule has 11 heteroatoms. The van der Waals surface area contributed by atoms with Crippen LogP contribution in [0.25, 0.3) is 0 Å². The molecule has 0 radical (unpaired) electrons. The zero-order valence-corrected chi connectivity index (χ0v) is 11.9. The van der Waals surface area contributed by atoms with Crippen molar-refractivity contribution >= 4 is 25.3 Å². The van der Waals surface area contributed by atoms with Crippen LogP contribution in [-0.4, -0.2) is 44.7 Å². The van der Waals surface area contributed by atoms with Gasteiger partial charge >= 0.3 is 12.9 Å². The van der Waals surface area contributed by atoms with Crippen LogP contribution in [0.3, 0.4) is 0 Å². The second kappa shape index (κ2) is 6.17. The van der Waals surface area contributed by atoms with Gasteiger partial charge in [-0.25, -0.2) is 4.79 Å². The summed E-state index contributed by atoms with van der Waals surface area (Å²) < 4.78 is 21.8. The van der Waals surface area contributed by atoms with Gasteiger partial charge in [0.05, 0.1) is 0 Å². The molecule has 0 amide bonds. The van der Waals surface area contributed by atoms with E-state index in [0.29, 0.717) is 0 Å². The summed E-state index contributed by atoms with van der Waals surface area (Å²) in [4.78, 5) is 15.2. The third-order valence-corrected chi connectivity index (χ3v) is 3.53. The van der Waals surface area contributed by atoms with Crippen molar-refractivity contribution in [3.8, 4) is 0 Å². The number of aliphatic hydroxyl groups is 2. The fourth-order valence-electron chi connectivity index (χ4n) is 1.85. The maximum atomic E-state index is 11.7. The van der Waals surface area contributed by atoms with Crippen LogP contribution < -0.4 is 11.4 Å². The molecule has 1 aromatic heterocycles. The summed E-state index contributed by atoms with van der Waals surface area (Å²) in [5.74, 6) is 0.0336. The van der Waals surface area contributed by atoms with Crippen LogP contribution in [0.5, 0.6) is 0 Å². The number of aromatic nitrogens is 2. The van der Waals surface area contributed by atoms with E-state index in [1.54, 1.807) is 0 Å². The molecule has 5 atom stereocenters. The topological polar surface area (TPSA) is 137 Å². The van der Waals surface area contributed by atoms with Gasteiger partial charge < -0.3 is 20.7 Å². The zero-order chi connectivity index (χ0) is 14.9. The van der Waals surface area contributed by atoms with Gasteiger partial charge in [-0.1, -0.05) is 0 Å². The summed E-state index contributed by atoms with van der Waals surface area (Å²) in [7, 11) is -2.15. The minimum absolute atomic E-state index is 0.0336. The highest BCUT2D eigenvalue weighted by Gasteiger charge is 2.45. The van der Waals surface area contributed by atoms with Crippen LogP contribution in [0, 0.1) is 0 Å². The van der Waals surface area contributed by atoms with Crippen LogP contribution in [0.2, 0.25) is 0 Å². The van der Waals surface area contributed by atoms with Gasteiger partial charge in [0.1, 0.15) is 43.0 Å². The van der Waals surface area contributed by atoms with Crippen LogP contribution in [0.15, 0.2) is 17.1 Å². The third-order valence-electron chi connectivity index (χ3n) is 2.81. The third kappa shape index (κ3) is 3.17. The molecule has 0 aromatic carbocycles. The normalized spacial score (nSPS) is 30.4. The Morgan fingerprint density at radius 3 is 2.85 bits per heavy atom. The summed E-state index contributed by atoms with van der Waals surface area (Å²) in [6.45, 7) is -0.232. The number of nitrogens with two attached hydrogens (primary N) is 1. The van der Waals surface area contributed by atoms with Crippen molar-refractivity contribution in [2.24, 2.45) is 0 Å². The predicted octanol–water partition coefficient (Wildman–Crippen LogP) is -0.952. The molecule has 2 heterocycles. The number of hydrogen-bond acceptors (Lipinski definition) is 8. The smallest absolute Gasteiger partial charge is 0.387 e. The predicted molar refractivity (Wildman–Crippen MR) is 71.4 cm³/mol. The molecular weight excluding hydrogens is 309 g/mol. The van der Waals surface area contributed by atoms with E-state index in [9.17, 15) is 19.6 Å². The molecule has 1 aliphatic rings. The lowest BCUT2D eigenvalue weighted by atomic mass is 10.1. The fourth-order valence-corrected chi connectivity index (χ4v) is 2.33. The quantitative estimate of drug-likeness (QED) is 0.411. The number of thiol groups is 1. The van der Waals surface area contributed by atoms with Gasteiger partial charge in [-0.3, -0.25) is 4.57 Å². The average molecular weight is 322 g/mol. The average Bonchev–Trinajstić information content (AvgIpc) is 2.64. The van der Waals surface area contributed by atoms with Gasteiger partial charge in [0.2, 0.25) is 0 Å². The van der Waals surface area contributed by atoms with E-state index < -0.39 is 37.5 Å². The number of anilines is 1. The van der Waals surface area contributed by atoms with Crippen molar-refractivity contribution in [3.05, 3.63) is 22.7 Å². The highest BCUT2D eigenvalue weighted by molar-refractivity contribution is 8.39. The highest BCUT2D eigenvalue weighted by atomic mass is 32.7. The lowest BCUT2D eigenvalue weighted by Gasteiger charge is -2.16. The number of nitrogen functional groups attached to an aromatic ring is 1. The Kier molecular flexibility index (Phi) is 4.74. The van der Waals surface area contributed by atoms with Crippen LogP contribution in [-0.2, 0) is 13.8 Å². The number of rotatable bonds is 4. The molecule has 0 aliphatic carbocycles. The van der Waals surface area contributed by atoms with Gasteiger partial charge in [-0.05, 0) is 10.6 Å². The van der Waals surface area contributed by atoms with Crippen LogP contribution >= 0.6 is 19.5 Å². The van der Waals surface area contributed by atoms with E-state index in [4.69, 9.17) is 15.0 Å². The summed E-state index contributed by atoms with van der Waals surface area (Å²) >= 11 is 3.55.